The lowest BCUT2D eigenvalue weighted by Gasteiger charge is -2.26. The molecule has 0 atom stereocenters. The van der Waals surface area contributed by atoms with Crippen LogP contribution in [0.15, 0.2) is 29.2 Å². The summed E-state index contributed by atoms with van der Waals surface area (Å²) in [4.78, 5) is 0.399. The summed E-state index contributed by atoms with van der Waals surface area (Å²) >= 11 is 0. The van der Waals surface area contributed by atoms with Crippen molar-refractivity contribution in [3.63, 3.8) is 0 Å². The minimum absolute atomic E-state index is 0.399. The van der Waals surface area contributed by atoms with Gasteiger partial charge in [0.05, 0.1) is 4.90 Å². The highest BCUT2D eigenvalue weighted by molar-refractivity contribution is 7.89. The van der Waals surface area contributed by atoms with Crippen molar-refractivity contribution in [2.45, 2.75) is 43.9 Å². The van der Waals surface area contributed by atoms with Crippen LogP contribution in [-0.2, 0) is 10.0 Å². The minimum atomic E-state index is -3.32. The molecule has 1 saturated carbocycles. The molecule has 106 valence electrons. The number of rotatable bonds is 4. The lowest BCUT2D eigenvalue weighted by atomic mass is 9.89. The van der Waals surface area contributed by atoms with E-state index in [-0.39, 0.29) is 0 Å². The van der Waals surface area contributed by atoms with Gasteiger partial charge in [0.15, 0.2) is 0 Å². The van der Waals surface area contributed by atoms with E-state index in [0.717, 1.165) is 18.4 Å². The first-order chi connectivity index (χ1) is 9.00. The van der Waals surface area contributed by atoms with E-state index in [4.69, 9.17) is 0 Å². The van der Waals surface area contributed by atoms with E-state index in [9.17, 15) is 8.42 Å². The highest BCUT2D eigenvalue weighted by atomic mass is 32.2. The molecule has 0 saturated heterocycles. The van der Waals surface area contributed by atoms with Crippen LogP contribution in [0.25, 0.3) is 0 Å². The molecule has 1 aromatic carbocycles. The van der Waals surface area contributed by atoms with E-state index in [2.05, 4.69) is 0 Å². The molecule has 0 aliphatic heterocycles. The van der Waals surface area contributed by atoms with Crippen LogP contribution >= 0.6 is 0 Å². The molecule has 0 amide bonds. The average Bonchev–Trinajstić information content (AvgIpc) is 2.40. The summed E-state index contributed by atoms with van der Waals surface area (Å²) in [6.07, 6.45) is 6.10. The molecule has 19 heavy (non-hydrogen) atoms. The van der Waals surface area contributed by atoms with Crippen molar-refractivity contribution < 1.29 is 8.42 Å². The minimum Gasteiger partial charge on any atom is -0.207 e. The van der Waals surface area contributed by atoms with Crippen molar-refractivity contribution in [3.05, 3.63) is 29.8 Å². The van der Waals surface area contributed by atoms with E-state index in [1.54, 1.807) is 19.2 Å². The van der Waals surface area contributed by atoms with Crippen molar-refractivity contribution in [1.82, 2.24) is 4.31 Å². The topological polar surface area (TPSA) is 37.4 Å². The molecule has 0 radical (unpaired) electrons. The zero-order valence-electron chi connectivity index (χ0n) is 11.8. The lowest BCUT2D eigenvalue weighted by molar-refractivity contribution is 0.300. The third-order valence-electron chi connectivity index (χ3n) is 3.97. The van der Waals surface area contributed by atoms with Gasteiger partial charge >= 0.3 is 0 Å². The molecule has 0 N–H and O–H groups in total. The molecule has 1 aliphatic carbocycles. The molecule has 1 fully saturated rings. The van der Waals surface area contributed by atoms with Crippen LogP contribution in [0.4, 0.5) is 0 Å². The Hall–Kier alpha value is -0.870. The first kappa shape index (κ1) is 14.5. The summed E-state index contributed by atoms with van der Waals surface area (Å²) in [6.45, 7) is 2.61. The number of sulfonamides is 1. The van der Waals surface area contributed by atoms with Crippen LogP contribution < -0.4 is 0 Å². The van der Waals surface area contributed by atoms with E-state index in [1.807, 2.05) is 19.1 Å². The molecular weight excluding hydrogens is 258 g/mol. The predicted molar refractivity (Wildman–Crippen MR) is 77.6 cm³/mol. The smallest absolute Gasteiger partial charge is 0.207 e. The van der Waals surface area contributed by atoms with Gasteiger partial charge in [-0.1, -0.05) is 37.0 Å². The predicted octanol–water partition coefficient (Wildman–Crippen LogP) is 3.20. The van der Waals surface area contributed by atoms with E-state index >= 15 is 0 Å². The fourth-order valence-electron chi connectivity index (χ4n) is 2.72. The second-order valence-corrected chi connectivity index (χ2v) is 7.65. The molecule has 1 aliphatic rings. The molecule has 0 bridgehead atoms. The average molecular weight is 281 g/mol. The van der Waals surface area contributed by atoms with Gasteiger partial charge in [-0.3, -0.25) is 0 Å². The summed E-state index contributed by atoms with van der Waals surface area (Å²) in [5.74, 6) is 0.527. The summed E-state index contributed by atoms with van der Waals surface area (Å²) in [7, 11) is -1.62. The van der Waals surface area contributed by atoms with Crippen LogP contribution in [0.2, 0.25) is 0 Å². The highest BCUT2D eigenvalue weighted by Crippen LogP contribution is 2.26. The van der Waals surface area contributed by atoms with Crippen molar-refractivity contribution in [3.8, 4) is 0 Å². The van der Waals surface area contributed by atoms with E-state index < -0.39 is 10.0 Å². The molecule has 3 nitrogen and oxygen atoms in total. The highest BCUT2D eigenvalue weighted by Gasteiger charge is 2.24. The molecule has 0 aromatic heterocycles. The van der Waals surface area contributed by atoms with Crippen LogP contribution in [0.3, 0.4) is 0 Å². The number of hydrogen-bond acceptors (Lipinski definition) is 2. The number of nitrogens with zero attached hydrogens (tertiary/aromatic N) is 1. The Morgan fingerprint density at radius 3 is 2.26 bits per heavy atom. The maximum atomic E-state index is 12.4. The zero-order valence-corrected chi connectivity index (χ0v) is 12.6. The zero-order chi connectivity index (χ0) is 13.9. The second kappa shape index (κ2) is 6.06. The number of aryl methyl sites for hydroxylation is 1. The fourth-order valence-corrected chi connectivity index (χ4v) is 3.97. The monoisotopic (exact) mass is 281 g/mol. The van der Waals surface area contributed by atoms with Crippen molar-refractivity contribution in [1.29, 1.82) is 0 Å². The Balaban J connectivity index is 2.07. The van der Waals surface area contributed by atoms with Gasteiger partial charge in [0.2, 0.25) is 10.0 Å². The third kappa shape index (κ3) is 3.57. The Bertz CT molecular complexity index is 501. The van der Waals surface area contributed by atoms with Gasteiger partial charge in [-0.05, 0) is 37.8 Å². The van der Waals surface area contributed by atoms with Crippen LogP contribution in [-0.4, -0.2) is 26.3 Å². The quantitative estimate of drug-likeness (QED) is 0.850. The normalized spacial score (nSPS) is 17.8. The summed E-state index contributed by atoms with van der Waals surface area (Å²) in [5, 5.41) is 0. The van der Waals surface area contributed by atoms with Crippen molar-refractivity contribution in [2.75, 3.05) is 13.6 Å². The van der Waals surface area contributed by atoms with Gasteiger partial charge in [-0.15, -0.1) is 0 Å². The first-order valence-electron chi connectivity index (χ1n) is 7.03. The largest absolute Gasteiger partial charge is 0.242 e. The summed E-state index contributed by atoms with van der Waals surface area (Å²) < 4.78 is 26.4. The maximum Gasteiger partial charge on any atom is 0.242 e. The lowest BCUT2D eigenvalue weighted by Crippen LogP contribution is -2.32. The second-order valence-electron chi connectivity index (χ2n) is 5.60. The first-order valence-corrected chi connectivity index (χ1v) is 8.47. The van der Waals surface area contributed by atoms with Crippen LogP contribution in [0.5, 0.6) is 0 Å². The van der Waals surface area contributed by atoms with Crippen molar-refractivity contribution in [2.24, 2.45) is 5.92 Å². The Kier molecular flexibility index (Phi) is 4.63. The maximum absolute atomic E-state index is 12.4. The molecule has 4 heteroatoms. The van der Waals surface area contributed by atoms with Gasteiger partial charge < -0.3 is 0 Å². The van der Waals surface area contributed by atoms with Gasteiger partial charge in [-0.25, -0.2) is 12.7 Å². The third-order valence-corrected chi connectivity index (χ3v) is 5.81. The van der Waals surface area contributed by atoms with E-state index in [0.29, 0.717) is 17.4 Å². The van der Waals surface area contributed by atoms with Crippen LogP contribution in [0, 0.1) is 12.8 Å². The van der Waals surface area contributed by atoms with E-state index in [1.165, 1.54) is 23.6 Å². The van der Waals surface area contributed by atoms with Gasteiger partial charge in [0.25, 0.3) is 0 Å². The number of hydrogen-bond donors (Lipinski definition) is 0. The Morgan fingerprint density at radius 2 is 1.68 bits per heavy atom. The molecule has 0 spiro atoms. The van der Waals surface area contributed by atoms with Crippen molar-refractivity contribution >= 4 is 10.0 Å². The van der Waals surface area contributed by atoms with Gasteiger partial charge in [0.1, 0.15) is 0 Å². The standard InChI is InChI=1S/C15H23NO2S/c1-13-8-10-15(11-9-13)19(17,18)16(2)12-14-6-4-3-5-7-14/h8-11,14H,3-7,12H2,1-2H3. The Labute approximate surface area is 116 Å². The summed E-state index contributed by atoms with van der Waals surface area (Å²) in [5.41, 5.74) is 1.08. The SMILES string of the molecule is Cc1ccc(S(=O)(=O)N(C)CC2CCCCC2)cc1. The van der Waals surface area contributed by atoms with Gasteiger partial charge in [-0.2, -0.15) is 0 Å². The molecular formula is C15H23NO2S. The van der Waals surface area contributed by atoms with Gasteiger partial charge in [0, 0.05) is 13.6 Å². The fraction of sp³-hybridized carbons (Fsp3) is 0.600. The molecule has 1 aromatic rings. The van der Waals surface area contributed by atoms with Crippen LogP contribution in [0.1, 0.15) is 37.7 Å². The Morgan fingerprint density at radius 1 is 1.11 bits per heavy atom. The number of benzene rings is 1. The molecule has 2 rings (SSSR count). The summed E-state index contributed by atoms with van der Waals surface area (Å²) in [6, 6.07) is 7.09. The molecule has 0 heterocycles. The molecule has 0 unspecified atom stereocenters.